The van der Waals surface area contributed by atoms with Crippen molar-refractivity contribution in [2.75, 3.05) is 0 Å². The molecule has 0 atom stereocenters. The standard InChI is InChI=1S/C17H14ClN/c18-15-9-8-12-6-7-14(11-19)17(16(12)10-15)13-4-2-1-3-5-13/h1-10H,11,19H2. The molecule has 0 aliphatic rings. The minimum Gasteiger partial charge on any atom is -0.326 e. The lowest BCUT2D eigenvalue weighted by Crippen LogP contribution is -1.99. The van der Waals surface area contributed by atoms with Crippen molar-refractivity contribution in [2.24, 2.45) is 5.73 Å². The summed E-state index contributed by atoms with van der Waals surface area (Å²) in [6.07, 6.45) is 0. The molecule has 0 aliphatic heterocycles. The molecule has 0 aromatic heterocycles. The molecule has 3 rings (SSSR count). The maximum atomic E-state index is 6.14. The molecule has 0 unspecified atom stereocenters. The molecule has 0 amide bonds. The Balaban J connectivity index is 2.39. The fourth-order valence-corrected chi connectivity index (χ4v) is 2.62. The van der Waals surface area contributed by atoms with Crippen LogP contribution in [-0.2, 0) is 6.54 Å². The van der Waals surface area contributed by atoms with Gasteiger partial charge in [-0.1, -0.05) is 60.1 Å². The lowest BCUT2D eigenvalue weighted by Gasteiger charge is -2.12. The fraction of sp³-hybridized carbons (Fsp3) is 0.0588. The van der Waals surface area contributed by atoms with E-state index in [1.165, 1.54) is 16.5 Å². The number of hydrogen-bond acceptors (Lipinski definition) is 1. The Morgan fingerprint density at radius 1 is 0.895 bits per heavy atom. The number of rotatable bonds is 2. The topological polar surface area (TPSA) is 26.0 Å². The van der Waals surface area contributed by atoms with Crippen LogP contribution in [-0.4, -0.2) is 0 Å². The van der Waals surface area contributed by atoms with Gasteiger partial charge in [0.05, 0.1) is 0 Å². The van der Waals surface area contributed by atoms with E-state index < -0.39 is 0 Å². The molecule has 0 spiro atoms. The highest BCUT2D eigenvalue weighted by Gasteiger charge is 2.09. The first-order chi connectivity index (χ1) is 9.29. The molecule has 0 bridgehead atoms. The molecule has 0 fully saturated rings. The van der Waals surface area contributed by atoms with E-state index in [0.29, 0.717) is 6.54 Å². The van der Waals surface area contributed by atoms with E-state index in [0.717, 1.165) is 16.0 Å². The van der Waals surface area contributed by atoms with Crippen molar-refractivity contribution in [3.63, 3.8) is 0 Å². The Labute approximate surface area is 117 Å². The highest BCUT2D eigenvalue weighted by Crippen LogP contribution is 2.33. The van der Waals surface area contributed by atoms with Gasteiger partial charge in [0.2, 0.25) is 0 Å². The molecule has 0 heterocycles. The number of nitrogens with two attached hydrogens (primary N) is 1. The minimum atomic E-state index is 0.521. The van der Waals surface area contributed by atoms with Crippen LogP contribution in [0.5, 0.6) is 0 Å². The van der Waals surface area contributed by atoms with E-state index >= 15 is 0 Å². The first kappa shape index (κ1) is 12.2. The third kappa shape index (κ3) is 2.23. The van der Waals surface area contributed by atoms with Crippen LogP contribution < -0.4 is 5.73 Å². The summed E-state index contributed by atoms with van der Waals surface area (Å²) >= 11 is 6.14. The molecule has 3 aromatic carbocycles. The molecule has 94 valence electrons. The number of halogens is 1. The van der Waals surface area contributed by atoms with Crippen molar-refractivity contribution in [3.05, 3.63) is 71.2 Å². The summed E-state index contributed by atoms with van der Waals surface area (Å²) in [7, 11) is 0. The van der Waals surface area contributed by atoms with Gasteiger partial charge >= 0.3 is 0 Å². The zero-order valence-corrected chi connectivity index (χ0v) is 11.2. The van der Waals surface area contributed by atoms with Gasteiger partial charge in [-0.15, -0.1) is 0 Å². The van der Waals surface area contributed by atoms with Crippen LogP contribution in [0.4, 0.5) is 0 Å². The molecular formula is C17H14ClN. The molecule has 19 heavy (non-hydrogen) atoms. The lowest BCUT2D eigenvalue weighted by molar-refractivity contribution is 1.08. The zero-order valence-electron chi connectivity index (χ0n) is 10.4. The highest BCUT2D eigenvalue weighted by atomic mass is 35.5. The van der Waals surface area contributed by atoms with Crippen molar-refractivity contribution in [1.82, 2.24) is 0 Å². The Bertz CT molecular complexity index is 720. The third-order valence-corrected chi connectivity index (χ3v) is 3.59. The van der Waals surface area contributed by atoms with Gasteiger partial charge in [0.1, 0.15) is 0 Å². The van der Waals surface area contributed by atoms with E-state index in [4.69, 9.17) is 17.3 Å². The molecular weight excluding hydrogens is 254 g/mol. The van der Waals surface area contributed by atoms with Gasteiger partial charge in [0.25, 0.3) is 0 Å². The molecule has 3 aromatic rings. The zero-order chi connectivity index (χ0) is 13.2. The van der Waals surface area contributed by atoms with E-state index in [1.54, 1.807) is 0 Å². The number of fused-ring (bicyclic) bond motifs is 1. The molecule has 0 saturated carbocycles. The predicted octanol–water partition coefficient (Wildman–Crippen LogP) is 4.62. The number of benzene rings is 3. The second-order valence-corrected chi connectivity index (χ2v) is 4.97. The number of hydrogen-bond donors (Lipinski definition) is 1. The van der Waals surface area contributed by atoms with E-state index in [-0.39, 0.29) is 0 Å². The summed E-state index contributed by atoms with van der Waals surface area (Å²) in [6.45, 7) is 0.521. The van der Waals surface area contributed by atoms with Crippen LogP contribution in [0, 0.1) is 0 Å². The Hall–Kier alpha value is -1.83. The Morgan fingerprint density at radius 2 is 1.63 bits per heavy atom. The summed E-state index contributed by atoms with van der Waals surface area (Å²) in [4.78, 5) is 0. The van der Waals surface area contributed by atoms with Crippen LogP contribution in [0.25, 0.3) is 21.9 Å². The summed E-state index contributed by atoms with van der Waals surface area (Å²) < 4.78 is 0. The van der Waals surface area contributed by atoms with Gasteiger partial charge in [-0.25, -0.2) is 0 Å². The molecule has 0 aliphatic carbocycles. The Morgan fingerprint density at radius 3 is 2.37 bits per heavy atom. The first-order valence-electron chi connectivity index (χ1n) is 6.26. The largest absolute Gasteiger partial charge is 0.326 e. The van der Waals surface area contributed by atoms with Crippen molar-refractivity contribution in [1.29, 1.82) is 0 Å². The van der Waals surface area contributed by atoms with Crippen molar-refractivity contribution in [3.8, 4) is 11.1 Å². The molecule has 0 radical (unpaired) electrons. The van der Waals surface area contributed by atoms with Gasteiger partial charge in [-0.05, 0) is 39.6 Å². The summed E-state index contributed by atoms with van der Waals surface area (Å²) in [5.74, 6) is 0. The minimum absolute atomic E-state index is 0.521. The van der Waals surface area contributed by atoms with Gasteiger partial charge in [-0.2, -0.15) is 0 Å². The quantitative estimate of drug-likeness (QED) is 0.720. The fourth-order valence-electron chi connectivity index (χ4n) is 2.45. The second-order valence-electron chi connectivity index (χ2n) is 4.54. The van der Waals surface area contributed by atoms with E-state index in [2.05, 4.69) is 24.3 Å². The summed E-state index contributed by atoms with van der Waals surface area (Å²) in [6, 6.07) is 20.5. The monoisotopic (exact) mass is 267 g/mol. The molecule has 1 nitrogen and oxygen atoms in total. The smallest absolute Gasteiger partial charge is 0.0412 e. The second kappa shape index (κ2) is 5.04. The highest BCUT2D eigenvalue weighted by molar-refractivity contribution is 6.31. The van der Waals surface area contributed by atoms with Gasteiger partial charge in [0, 0.05) is 11.6 Å². The lowest BCUT2D eigenvalue weighted by atomic mass is 9.93. The third-order valence-electron chi connectivity index (χ3n) is 3.35. The van der Waals surface area contributed by atoms with Gasteiger partial charge in [0.15, 0.2) is 0 Å². The maximum Gasteiger partial charge on any atom is 0.0412 e. The summed E-state index contributed by atoms with van der Waals surface area (Å²) in [5.41, 5.74) is 9.38. The van der Waals surface area contributed by atoms with Crippen molar-refractivity contribution >= 4 is 22.4 Å². The van der Waals surface area contributed by atoms with Gasteiger partial charge < -0.3 is 5.73 Å². The normalized spacial score (nSPS) is 10.8. The predicted molar refractivity (Wildman–Crippen MR) is 82.3 cm³/mol. The van der Waals surface area contributed by atoms with Crippen LogP contribution >= 0.6 is 11.6 Å². The molecule has 0 saturated heterocycles. The van der Waals surface area contributed by atoms with E-state index in [1.807, 2.05) is 36.4 Å². The molecule has 2 heteroatoms. The Kier molecular flexibility index (Phi) is 3.24. The van der Waals surface area contributed by atoms with Crippen LogP contribution in [0.1, 0.15) is 5.56 Å². The maximum absolute atomic E-state index is 6.14. The van der Waals surface area contributed by atoms with Gasteiger partial charge in [-0.3, -0.25) is 0 Å². The SMILES string of the molecule is NCc1ccc2ccc(Cl)cc2c1-c1ccccc1. The first-order valence-corrected chi connectivity index (χ1v) is 6.64. The average molecular weight is 268 g/mol. The van der Waals surface area contributed by atoms with Crippen molar-refractivity contribution < 1.29 is 0 Å². The van der Waals surface area contributed by atoms with E-state index in [9.17, 15) is 0 Å². The van der Waals surface area contributed by atoms with Crippen LogP contribution in [0.15, 0.2) is 60.7 Å². The average Bonchev–Trinajstić information content (AvgIpc) is 2.46. The van der Waals surface area contributed by atoms with Crippen LogP contribution in [0.2, 0.25) is 5.02 Å². The molecule has 2 N–H and O–H groups in total. The van der Waals surface area contributed by atoms with Crippen LogP contribution in [0.3, 0.4) is 0 Å². The van der Waals surface area contributed by atoms with Crippen molar-refractivity contribution in [2.45, 2.75) is 6.54 Å². The summed E-state index contributed by atoms with van der Waals surface area (Å²) in [5, 5.41) is 3.08.